The Labute approximate surface area is 199 Å². The van der Waals surface area contributed by atoms with Crippen molar-refractivity contribution in [3.63, 3.8) is 0 Å². The fraction of sp³-hybridized carbons (Fsp3) is 0.571. The highest BCUT2D eigenvalue weighted by Crippen LogP contribution is 2.57. The number of hydrogen-bond acceptors (Lipinski definition) is 7. The summed E-state index contributed by atoms with van der Waals surface area (Å²) in [5.41, 5.74) is -2.36. The van der Waals surface area contributed by atoms with Crippen LogP contribution in [0.1, 0.15) is 24.2 Å². The smallest absolute Gasteiger partial charge is 0.433 e. The molecule has 0 aromatic carbocycles. The number of rotatable bonds is 6. The highest BCUT2D eigenvalue weighted by atomic mass is 32.1. The van der Waals surface area contributed by atoms with E-state index in [0.29, 0.717) is 16.4 Å². The summed E-state index contributed by atoms with van der Waals surface area (Å²) >= 11 is 1.43. The molecule has 4 heterocycles. The number of pyridine rings is 1. The number of aryl methyl sites for hydroxylation is 1. The first-order chi connectivity index (χ1) is 16.5. The molecule has 3 aromatic rings. The Morgan fingerprint density at radius 2 is 1.86 bits per heavy atom. The van der Waals surface area contributed by atoms with E-state index in [9.17, 15) is 26.3 Å². The van der Waals surface area contributed by atoms with Crippen molar-refractivity contribution in [2.45, 2.75) is 38.2 Å². The van der Waals surface area contributed by atoms with Gasteiger partial charge >= 0.3 is 12.4 Å². The zero-order valence-corrected chi connectivity index (χ0v) is 19.1. The number of nitrogens with zero attached hydrogens (tertiary/aromatic N) is 5. The predicted octanol–water partition coefficient (Wildman–Crippen LogP) is 4.78. The van der Waals surface area contributed by atoms with Crippen LogP contribution < -0.4 is 15.0 Å². The van der Waals surface area contributed by atoms with Crippen LogP contribution in [0.3, 0.4) is 0 Å². The van der Waals surface area contributed by atoms with Crippen LogP contribution in [-0.4, -0.2) is 50.9 Å². The van der Waals surface area contributed by atoms with Crippen molar-refractivity contribution >= 4 is 28.1 Å². The maximum Gasteiger partial charge on any atom is 0.433 e. The molecule has 3 aromatic heterocycles. The summed E-state index contributed by atoms with van der Waals surface area (Å²) in [4.78, 5) is 6.40. The van der Waals surface area contributed by atoms with Gasteiger partial charge in [-0.3, -0.25) is 0 Å². The number of alkyl halides is 6. The standard InChI is InChI=1S/C21H20F6N6OS/c1-10-6-15(35-31-10)32-7-11-12(8-32)16(11)28-18-29-17-13(34-9-19(4-5-19)21(25,26)27)2-3-14(20(22,23)24)33(17)30-18/h2-3,6,11-12,16H,4-5,7-9H2,1H3,(H,28,30). The van der Waals surface area contributed by atoms with Crippen LogP contribution in [-0.2, 0) is 6.18 Å². The van der Waals surface area contributed by atoms with Crippen LogP contribution in [0, 0.1) is 24.2 Å². The minimum atomic E-state index is -4.73. The van der Waals surface area contributed by atoms with Gasteiger partial charge in [0.05, 0.1) is 5.69 Å². The molecular weight excluding hydrogens is 498 g/mol. The molecule has 1 N–H and O–H groups in total. The molecule has 3 aliphatic rings. The van der Waals surface area contributed by atoms with Gasteiger partial charge in [0.2, 0.25) is 5.95 Å². The molecule has 188 valence electrons. The van der Waals surface area contributed by atoms with Crippen LogP contribution >= 0.6 is 11.5 Å². The average Bonchev–Trinajstić information content (AvgIpc) is 3.43. The third-order valence-electron chi connectivity index (χ3n) is 7.11. The molecule has 14 heteroatoms. The van der Waals surface area contributed by atoms with Crippen LogP contribution in [0.4, 0.5) is 37.3 Å². The lowest BCUT2D eigenvalue weighted by molar-refractivity contribution is -0.194. The molecule has 7 nitrogen and oxygen atoms in total. The first-order valence-corrected chi connectivity index (χ1v) is 11.8. The number of halogens is 6. The Kier molecular flexibility index (Phi) is 4.78. The normalized spacial score (nSPS) is 25.1. The maximum atomic E-state index is 13.6. The highest BCUT2D eigenvalue weighted by molar-refractivity contribution is 7.10. The Morgan fingerprint density at radius 3 is 2.43 bits per heavy atom. The number of aromatic nitrogens is 4. The topological polar surface area (TPSA) is 67.6 Å². The van der Waals surface area contributed by atoms with Crippen LogP contribution in [0.5, 0.6) is 5.75 Å². The van der Waals surface area contributed by atoms with Gasteiger partial charge in [0.15, 0.2) is 11.4 Å². The number of hydrogen-bond donors (Lipinski definition) is 1. The molecule has 2 unspecified atom stereocenters. The van der Waals surface area contributed by atoms with Crippen molar-refractivity contribution in [3.8, 4) is 5.75 Å². The summed E-state index contributed by atoms with van der Waals surface area (Å²) in [6.45, 7) is 2.84. The van der Waals surface area contributed by atoms with E-state index in [1.807, 2.05) is 13.0 Å². The van der Waals surface area contributed by atoms with Gasteiger partial charge in [-0.05, 0) is 49.5 Å². The van der Waals surface area contributed by atoms with Crippen LogP contribution in [0.15, 0.2) is 18.2 Å². The van der Waals surface area contributed by atoms with E-state index in [2.05, 4.69) is 24.7 Å². The highest BCUT2D eigenvalue weighted by Gasteiger charge is 2.64. The second-order valence-electron chi connectivity index (χ2n) is 9.53. The number of fused-ring (bicyclic) bond motifs is 2. The minimum Gasteiger partial charge on any atom is -0.489 e. The van der Waals surface area contributed by atoms with E-state index >= 15 is 0 Å². The Bertz CT molecular complexity index is 1270. The molecule has 6 rings (SSSR count). The van der Waals surface area contributed by atoms with Gasteiger partial charge in [0, 0.05) is 31.0 Å². The first-order valence-electron chi connectivity index (χ1n) is 11.1. The number of ether oxygens (including phenoxy) is 1. The Morgan fingerprint density at radius 1 is 1.14 bits per heavy atom. The molecular formula is C21H20F6N6OS. The number of piperidine rings is 1. The Hall–Kier alpha value is -2.77. The van der Waals surface area contributed by atoms with Gasteiger partial charge in [0.1, 0.15) is 22.7 Å². The van der Waals surface area contributed by atoms with Gasteiger partial charge in [0.25, 0.3) is 0 Å². The second kappa shape index (κ2) is 7.37. The van der Waals surface area contributed by atoms with E-state index in [1.54, 1.807) is 0 Å². The van der Waals surface area contributed by atoms with Gasteiger partial charge < -0.3 is 15.0 Å². The first kappa shape index (κ1) is 22.7. The van der Waals surface area contributed by atoms with Crippen molar-refractivity contribution in [1.82, 2.24) is 19.0 Å². The Balaban J connectivity index is 1.21. The fourth-order valence-electron chi connectivity index (χ4n) is 4.77. The largest absolute Gasteiger partial charge is 0.489 e. The summed E-state index contributed by atoms with van der Waals surface area (Å²) in [6, 6.07) is 3.78. The molecule has 0 amide bonds. The zero-order valence-electron chi connectivity index (χ0n) is 18.3. The van der Waals surface area contributed by atoms with E-state index < -0.39 is 30.1 Å². The average molecular weight is 518 g/mol. The summed E-state index contributed by atoms with van der Waals surface area (Å²) in [6.07, 6.45) is -9.31. The lowest BCUT2D eigenvalue weighted by Crippen LogP contribution is -2.30. The summed E-state index contributed by atoms with van der Waals surface area (Å²) in [7, 11) is 0. The van der Waals surface area contributed by atoms with Crippen molar-refractivity contribution < 1.29 is 31.1 Å². The zero-order chi connectivity index (χ0) is 24.8. The number of anilines is 2. The predicted molar refractivity (Wildman–Crippen MR) is 115 cm³/mol. The van der Waals surface area contributed by atoms with E-state index in [0.717, 1.165) is 35.9 Å². The van der Waals surface area contributed by atoms with E-state index in [1.165, 1.54) is 11.5 Å². The molecule has 3 fully saturated rings. The quantitative estimate of drug-likeness (QED) is 0.474. The molecule has 2 saturated carbocycles. The van der Waals surface area contributed by atoms with Gasteiger partial charge in [-0.1, -0.05) is 0 Å². The van der Waals surface area contributed by atoms with Gasteiger partial charge in [-0.15, -0.1) is 5.10 Å². The fourth-order valence-corrected chi connectivity index (χ4v) is 5.55. The lowest BCUT2D eigenvalue weighted by atomic mass is 10.1. The number of nitrogens with one attached hydrogen (secondary N) is 1. The third kappa shape index (κ3) is 3.85. The van der Waals surface area contributed by atoms with Crippen LogP contribution in [0.2, 0.25) is 0 Å². The SMILES string of the molecule is Cc1cc(N2CC3C(C2)C3Nc2nc3c(OCC4(C(F)(F)F)CC4)ccc(C(F)(F)F)n3n2)sn1. The van der Waals surface area contributed by atoms with Crippen molar-refractivity contribution in [1.29, 1.82) is 0 Å². The third-order valence-corrected chi connectivity index (χ3v) is 8.06. The van der Waals surface area contributed by atoms with Crippen LogP contribution in [0.25, 0.3) is 5.65 Å². The summed E-state index contributed by atoms with van der Waals surface area (Å²) in [5.74, 6) is 0.409. The monoisotopic (exact) mass is 518 g/mol. The molecule has 0 spiro atoms. The molecule has 1 aliphatic heterocycles. The van der Waals surface area contributed by atoms with Crippen molar-refractivity contribution in [2.24, 2.45) is 17.3 Å². The van der Waals surface area contributed by atoms with Gasteiger partial charge in [-0.25, -0.2) is 4.52 Å². The molecule has 35 heavy (non-hydrogen) atoms. The molecule has 1 saturated heterocycles. The van der Waals surface area contributed by atoms with Gasteiger partial charge in [-0.2, -0.15) is 35.7 Å². The van der Waals surface area contributed by atoms with Crippen molar-refractivity contribution in [3.05, 3.63) is 29.6 Å². The van der Waals surface area contributed by atoms with E-state index in [-0.39, 0.29) is 36.2 Å². The summed E-state index contributed by atoms with van der Waals surface area (Å²) < 4.78 is 90.7. The molecule has 2 atom stereocenters. The van der Waals surface area contributed by atoms with E-state index in [4.69, 9.17) is 4.74 Å². The molecule has 0 radical (unpaired) electrons. The molecule has 2 aliphatic carbocycles. The minimum absolute atomic E-state index is 0.0105. The van der Waals surface area contributed by atoms with Crippen molar-refractivity contribution in [2.75, 3.05) is 29.9 Å². The summed E-state index contributed by atoms with van der Waals surface area (Å²) in [5, 5.41) is 8.19. The molecule has 0 bridgehead atoms. The second-order valence-corrected chi connectivity index (χ2v) is 10.3. The maximum absolute atomic E-state index is 13.6. The lowest BCUT2D eigenvalue weighted by Gasteiger charge is -2.19.